The number of ether oxygens (including phenoxy) is 1. The topological polar surface area (TPSA) is 29.5 Å². The second-order valence-electron chi connectivity index (χ2n) is 5.72. The molecule has 2 heterocycles. The Labute approximate surface area is 135 Å². The maximum absolute atomic E-state index is 12.5. The summed E-state index contributed by atoms with van der Waals surface area (Å²) in [6.07, 6.45) is 1.47. The van der Waals surface area contributed by atoms with Gasteiger partial charge < -0.3 is 9.64 Å². The van der Waals surface area contributed by atoms with E-state index >= 15 is 0 Å². The monoisotopic (exact) mass is 315 g/mol. The molecule has 1 aliphatic heterocycles. The van der Waals surface area contributed by atoms with Crippen molar-refractivity contribution in [2.75, 3.05) is 13.1 Å². The molecule has 1 amide bonds. The van der Waals surface area contributed by atoms with Gasteiger partial charge in [-0.25, -0.2) is 0 Å². The molecular weight excluding hydrogens is 294 g/mol. The predicted molar refractivity (Wildman–Crippen MR) is 89.0 cm³/mol. The van der Waals surface area contributed by atoms with Gasteiger partial charge in [-0.2, -0.15) is 0 Å². The number of nitrogens with zero attached hydrogens (tertiary/aromatic N) is 1. The summed E-state index contributed by atoms with van der Waals surface area (Å²) in [6, 6.07) is 14.3. The summed E-state index contributed by atoms with van der Waals surface area (Å²) >= 11 is 1.71. The lowest BCUT2D eigenvalue weighted by Crippen LogP contribution is -2.46. The normalized spacial score (nSPS) is 21.8. The molecule has 0 aliphatic carbocycles. The Bertz CT molecular complexity index is 597. The zero-order valence-electron chi connectivity index (χ0n) is 12.8. The van der Waals surface area contributed by atoms with E-state index in [1.807, 2.05) is 36.1 Å². The standard InChI is InChI=1S/C18H21NO2S/c1-14-12-19(18(20)10-9-16-8-5-11-22-16)13-17(21-14)15-6-3-2-4-7-15/h2-8,11,14,17H,9-10,12-13H2,1H3. The summed E-state index contributed by atoms with van der Waals surface area (Å²) in [4.78, 5) is 15.7. The molecule has 0 N–H and O–H groups in total. The molecule has 0 radical (unpaired) electrons. The van der Waals surface area contributed by atoms with Crippen LogP contribution < -0.4 is 0 Å². The zero-order chi connectivity index (χ0) is 15.4. The minimum atomic E-state index is -0.0179. The van der Waals surface area contributed by atoms with E-state index in [4.69, 9.17) is 4.74 Å². The zero-order valence-corrected chi connectivity index (χ0v) is 13.6. The molecular formula is C18H21NO2S. The van der Waals surface area contributed by atoms with Crippen molar-refractivity contribution < 1.29 is 9.53 Å². The van der Waals surface area contributed by atoms with Crippen LogP contribution >= 0.6 is 11.3 Å². The van der Waals surface area contributed by atoms with Gasteiger partial charge in [0.1, 0.15) is 6.10 Å². The van der Waals surface area contributed by atoms with Crippen LogP contribution in [0, 0.1) is 0 Å². The first-order chi connectivity index (χ1) is 10.7. The second-order valence-corrected chi connectivity index (χ2v) is 6.76. The maximum Gasteiger partial charge on any atom is 0.223 e. The smallest absolute Gasteiger partial charge is 0.223 e. The van der Waals surface area contributed by atoms with Crippen molar-refractivity contribution in [2.45, 2.75) is 32.0 Å². The fourth-order valence-electron chi connectivity index (χ4n) is 2.85. The van der Waals surface area contributed by atoms with E-state index in [9.17, 15) is 4.79 Å². The number of hydrogen-bond donors (Lipinski definition) is 0. The molecule has 2 atom stereocenters. The predicted octanol–water partition coefficient (Wildman–Crippen LogP) is 3.67. The van der Waals surface area contributed by atoms with Crippen LogP contribution in [0.1, 0.15) is 29.9 Å². The molecule has 0 bridgehead atoms. The molecule has 2 unspecified atom stereocenters. The molecule has 1 aromatic carbocycles. The summed E-state index contributed by atoms with van der Waals surface area (Å²) in [5.74, 6) is 0.226. The number of thiophene rings is 1. The first-order valence-electron chi connectivity index (χ1n) is 7.73. The van der Waals surface area contributed by atoms with Crippen molar-refractivity contribution in [3.05, 3.63) is 58.3 Å². The summed E-state index contributed by atoms with van der Waals surface area (Å²) < 4.78 is 6.01. The van der Waals surface area contributed by atoms with Crippen LogP contribution in [0.4, 0.5) is 0 Å². The molecule has 3 nitrogen and oxygen atoms in total. The number of benzene rings is 1. The molecule has 116 valence electrons. The van der Waals surface area contributed by atoms with Crippen molar-refractivity contribution in [1.82, 2.24) is 4.90 Å². The molecule has 2 aromatic rings. The number of aryl methyl sites for hydroxylation is 1. The van der Waals surface area contributed by atoms with Crippen LogP contribution in [0.15, 0.2) is 47.8 Å². The van der Waals surface area contributed by atoms with Crippen molar-refractivity contribution in [1.29, 1.82) is 0 Å². The molecule has 0 spiro atoms. The first-order valence-corrected chi connectivity index (χ1v) is 8.61. The third kappa shape index (κ3) is 3.76. The van der Waals surface area contributed by atoms with Gasteiger partial charge in [-0.1, -0.05) is 36.4 Å². The highest BCUT2D eigenvalue weighted by Gasteiger charge is 2.28. The van der Waals surface area contributed by atoms with Crippen molar-refractivity contribution in [3.63, 3.8) is 0 Å². The van der Waals surface area contributed by atoms with E-state index in [0.29, 0.717) is 19.5 Å². The fourth-order valence-corrected chi connectivity index (χ4v) is 3.56. The van der Waals surface area contributed by atoms with Gasteiger partial charge in [0.15, 0.2) is 0 Å². The number of carbonyl (C=O) groups excluding carboxylic acids is 1. The van der Waals surface area contributed by atoms with E-state index < -0.39 is 0 Å². The van der Waals surface area contributed by atoms with Gasteiger partial charge in [-0.15, -0.1) is 11.3 Å². The number of rotatable bonds is 4. The summed E-state index contributed by atoms with van der Waals surface area (Å²) in [5.41, 5.74) is 1.14. The summed E-state index contributed by atoms with van der Waals surface area (Å²) in [5, 5.41) is 2.06. The Morgan fingerprint density at radius 3 is 2.77 bits per heavy atom. The maximum atomic E-state index is 12.5. The molecule has 3 rings (SSSR count). The van der Waals surface area contributed by atoms with Crippen molar-refractivity contribution in [2.24, 2.45) is 0 Å². The third-order valence-electron chi connectivity index (χ3n) is 3.95. The Hall–Kier alpha value is -1.65. The molecule has 0 saturated carbocycles. The highest BCUT2D eigenvalue weighted by molar-refractivity contribution is 7.09. The van der Waals surface area contributed by atoms with Crippen LogP contribution in [0.5, 0.6) is 0 Å². The SMILES string of the molecule is CC1CN(C(=O)CCc2cccs2)CC(c2ccccc2)O1. The Kier molecular flexibility index (Phi) is 4.90. The van der Waals surface area contributed by atoms with E-state index in [0.717, 1.165) is 12.0 Å². The molecule has 4 heteroatoms. The highest BCUT2D eigenvalue weighted by atomic mass is 32.1. The number of carbonyl (C=O) groups is 1. The van der Waals surface area contributed by atoms with Gasteiger partial charge in [-0.3, -0.25) is 4.79 Å². The third-order valence-corrected chi connectivity index (χ3v) is 4.89. The summed E-state index contributed by atoms with van der Waals surface area (Å²) in [6.45, 7) is 3.37. The van der Waals surface area contributed by atoms with Crippen LogP contribution in [0.2, 0.25) is 0 Å². The fraction of sp³-hybridized carbons (Fsp3) is 0.389. The van der Waals surface area contributed by atoms with Gasteiger partial charge in [0.2, 0.25) is 5.91 Å². The largest absolute Gasteiger partial charge is 0.367 e. The molecule has 1 fully saturated rings. The Morgan fingerprint density at radius 1 is 1.23 bits per heavy atom. The average molecular weight is 315 g/mol. The van der Waals surface area contributed by atoms with Crippen LogP contribution in [-0.4, -0.2) is 30.0 Å². The van der Waals surface area contributed by atoms with Gasteiger partial charge >= 0.3 is 0 Å². The minimum Gasteiger partial charge on any atom is -0.367 e. The van der Waals surface area contributed by atoms with Crippen LogP contribution in [0.3, 0.4) is 0 Å². The first kappa shape index (κ1) is 15.3. The Balaban J connectivity index is 1.61. The minimum absolute atomic E-state index is 0.0179. The van der Waals surface area contributed by atoms with E-state index in [1.54, 1.807) is 11.3 Å². The van der Waals surface area contributed by atoms with Gasteiger partial charge in [0.25, 0.3) is 0 Å². The summed E-state index contributed by atoms with van der Waals surface area (Å²) in [7, 11) is 0. The van der Waals surface area contributed by atoms with Crippen molar-refractivity contribution >= 4 is 17.2 Å². The van der Waals surface area contributed by atoms with E-state index in [-0.39, 0.29) is 18.1 Å². The molecule has 22 heavy (non-hydrogen) atoms. The Morgan fingerprint density at radius 2 is 2.05 bits per heavy atom. The lowest BCUT2D eigenvalue weighted by molar-refractivity contribution is -0.144. The number of hydrogen-bond acceptors (Lipinski definition) is 3. The molecule has 1 aliphatic rings. The lowest BCUT2D eigenvalue weighted by atomic mass is 10.1. The van der Waals surface area contributed by atoms with Gasteiger partial charge in [0, 0.05) is 17.8 Å². The van der Waals surface area contributed by atoms with Gasteiger partial charge in [0.05, 0.1) is 12.6 Å². The number of amides is 1. The molecule has 1 aromatic heterocycles. The van der Waals surface area contributed by atoms with Gasteiger partial charge in [-0.05, 0) is 30.4 Å². The van der Waals surface area contributed by atoms with Crippen LogP contribution in [0.25, 0.3) is 0 Å². The average Bonchev–Trinajstić information content (AvgIpc) is 3.06. The van der Waals surface area contributed by atoms with Crippen molar-refractivity contribution in [3.8, 4) is 0 Å². The highest BCUT2D eigenvalue weighted by Crippen LogP contribution is 2.25. The lowest BCUT2D eigenvalue weighted by Gasteiger charge is -2.37. The van der Waals surface area contributed by atoms with E-state index in [1.165, 1.54) is 4.88 Å². The quantitative estimate of drug-likeness (QED) is 0.861. The second kappa shape index (κ2) is 7.07. The number of morpholine rings is 1. The van der Waals surface area contributed by atoms with E-state index in [2.05, 4.69) is 23.6 Å². The van der Waals surface area contributed by atoms with Crippen LogP contribution in [-0.2, 0) is 16.0 Å². The molecule has 1 saturated heterocycles.